The normalized spacial score (nSPS) is 18.7. The van der Waals surface area contributed by atoms with Crippen LogP contribution >= 0.6 is 0 Å². The lowest BCUT2D eigenvalue weighted by atomic mass is 9.93. The Kier molecular flexibility index (Phi) is 7.32. The molecular formula is C27H34N4O3. The number of carbonyl (C=O) groups is 2. The second-order valence-corrected chi connectivity index (χ2v) is 9.19. The van der Waals surface area contributed by atoms with E-state index < -0.39 is 0 Å². The van der Waals surface area contributed by atoms with Gasteiger partial charge < -0.3 is 9.64 Å². The highest BCUT2D eigenvalue weighted by Crippen LogP contribution is 2.35. The quantitative estimate of drug-likeness (QED) is 0.672. The van der Waals surface area contributed by atoms with Crippen molar-refractivity contribution in [2.24, 2.45) is 5.10 Å². The van der Waals surface area contributed by atoms with Crippen LogP contribution in [-0.4, -0.2) is 71.9 Å². The molecule has 1 saturated heterocycles. The Morgan fingerprint density at radius 1 is 0.971 bits per heavy atom. The van der Waals surface area contributed by atoms with E-state index >= 15 is 0 Å². The molecule has 2 aromatic rings. The number of ether oxygens (including phenoxy) is 1. The summed E-state index contributed by atoms with van der Waals surface area (Å²) in [6, 6.07) is 14.6. The van der Waals surface area contributed by atoms with Crippen molar-refractivity contribution in [1.82, 2.24) is 14.8 Å². The Labute approximate surface area is 202 Å². The van der Waals surface area contributed by atoms with Crippen molar-refractivity contribution in [3.8, 4) is 0 Å². The molecule has 7 nitrogen and oxygen atoms in total. The molecule has 0 bridgehead atoms. The number of aryl methyl sites for hydroxylation is 3. The summed E-state index contributed by atoms with van der Waals surface area (Å²) in [7, 11) is 0. The van der Waals surface area contributed by atoms with E-state index in [1.807, 2.05) is 0 Å². The van der Waals surface area contributed by atoms with Crippen LogP contribution in [0.1, 0.15) is 47.2 Å². The van der Waals surface area contributed by atoms with Crippen LogP contribution in [0.5, 0.6) is 0 Å². The molecule has 0 aliphatic carbocycles. The number of rotatable bonds is 5. The number of carbonyl (C=O) groups excluding carboxylic acids is 2. The first-order valence-corrected chi connectivity index (χ1v) is 12.0. The highest BCUT2D eigenvalue weighted by molar-refractivity contribution is 6.03. The van der Waals surface area contributed by atoms with Crippen molar-refractivity contribution < 1.29 is 14.3 Å². The maximum absolute atomic E-state index is 13.5. The van der Waals surface area contributed by atoms with Crippen molar-refractivity contribution in [3.63, 3.8) is 0 Å². The largest absolute Gasteiger partial charge is 0.450 e. The van der Waals surface area contributed by atoms with Crippen LogP contribution in [-0.2, 0) is 9.53 Å². The number of hydrazone groups is 1. The monoisotopic (exact) mass is 462 g/mol. The van der Waals surface area contributed by atoms with E-state index in [0.717, 1.165) is 22.4 Å². The topological polar surface area (TPSA) is 65.5 Å². The van der Waals surface area contributed by atoms with E-state index in [-0.39, 0.29) is 24.6 Å². The molecule has 2 aliphatic heterocycles. The molecule has 2 heterocycles. The summed E-state index contributed by atoms with van der Waals surface area (Å²) in [5, 5.41) is 6.53. The summed E-state index contributed by atoms with van der Waals surface area (Å²) < 4.78 is 5.10. The minimum absolute atomic E-state index is 0.0161. The Balaban J connectivity index is 1.52. The van der Waals surface area contributed by atoms with Gasteiger partial charge in [-0.3, -0.25) is 9.69 Å². The smallest absolute Gasteiger partial charge is 0.409 e. The SMILES string of the molecule is CCOC(=O)N1CCN(CC(=O)N2N=C(c3ccc(C)cc3)C[C@H]2c2cc(C)ccc2C)CC1. The number of piperazine rings is 1. The maximum atomic E-state index is 13.5. The second kappa shape index (κ2) is 10.4. The summed E-state index contributed by atoms with van der Waals surface area (Å²) >= 11 is 0. The molecule has 34 heavy (non-hydrogen) atoms. The molecule has 1 atom stereocenters. The van der Waals surface area contributed by atoms with Crippen molar-refractivity contribution in [2.45, 2.75) is 40.2 Å². The lowest BCUT2D eigenvalue weighted by Gasteiger charge is -2.34. The van der Waals surface area contributed by atoms with Gasteiger partial charge in [0, 0.05) is 32.6 Å². The van der Waals surface area contributed by atoms with E-state index in [0.29, 0.717) is 39.2 Å². The van der Waals surface area contributed by atoms with Crippen molar-refractivity contribution in [2.75, 3.05) is 39.3 Å². The lowest BCUT2D eigenvalue weighted by molar-refractivity contribution is -0.134. The molecular weight excluding hydrogens is 428 g/mol. The molecule has 1 fully saturated rings. The fourth-order valence-electron chi connectivity index (χ4n) is 4.59. The highest BCUT2D eigenvalue weighted by atomic mass is 16.6. The highest BCUT2D eigenvalue weighted by Gasteiger charge is 2.35. The first kappa shape index (κ1) is 24.0. The lowest BCUT2D eigenvalue weighted by Crippen LogP contribution is -2.51. The van der Waals surface area contributed by atoms with Gasteiger partial charge in [0.1, 0.15) is 0 Å². The molecule has 0 N–H and O–H groups in total. The Morgan fingerprint density at radius 2 is 1.65 bits per heavy atom. The number of amides is 2. The molecule has 2 amide bonds. The molecule has 2 aromatic carbocycles. The Hall–Kier alpha value is -3.19. The molecule has 0 saturated carbocycles. The van der Waals surface area contributed by atoms with Gasteiger partial charge in [0.15, 0.2) is 0 Å². The van der Waals surface area contributed by atoms with E-state index in [4.69, 9.17) is 9.84 Å². The molecule has 180 valence electrons. The van der Waals surface area contributed by atoms with Gasteiger partial charge in [-0.05, 0) is 44.4 Å². The predicted octanol–water partition coefficient (Wildman–Crippen LogP) is 4.06. The van der Waals surface area contributed by atoms with Gasteiger partial charge >= 0.3 is 6.09 Å². The molecule has 0 spiro atoms. The molecule has 4 rings (SSSR count). The standard InChI is InChI=1S/C27H34N4O3/c1-5-34-27(33)30-14-12-29(13-15-30)18-26(32)31-25(23-16-20(3)6-9-21(23)4)17-24(28-31)22-10-7-19(2)8-11-22/h6-11,16,25H,5,12-15,17-18H2,1-4H3/t25-/m0/s1. The van der Waals surface area contributed by atoms with Gasteiger partial charge in [0.2, 0.25) is 0 Å². The molecule has 2 aliphatic rings. The van der Waals surface area contributed by atoms with Crippen molar-refractivity contribution in [3.05, 3.63) is 70.3 Å². The zero-order valence-electron chi connectivity index (χ0n) is 20.6. The van der Waals surface area contributed by atoms with Gasteiger partial charge in [-0.2, -0.15) is 5.10 Å². The van der Waals surface area contributed by atoms with Crippen LogP contribution in [0, 0.1) is 20.8 Å². The van der Waals surface area contributed by atoms with E-state index in [2.05, 4.69) is 68.1 Å². The zero-order chi connectivity index (χ0) is 24.2. The Morgan fingerprint density at radius 3 is 2.32 bits per heavy atom. The molecule has 0 unspecified atom stereocenters. The minimum atomic E-state index is -0.282. The summed E-state index contributed by atoms with van der Waals surface area (Å²) in [5.74, 6) is -0.0161. The van der Waals surface area contributed by atoms with Crippen LogP contribution in [0.2, 0.25) is 0 Å². The van der Waals surface area contributed by atoms with Crippen LogP contribution < -0.4 is 0 Å². The van der Waals surface area contributed by atoms with Crippen LogP contribution in [0.25, 0.3) is 0 Å². The van der Waals surface area contributed by atoms with Crippen molar-refractivity contribution in [1.29, 1.82) is 0 Å². The van der Waals surface area contributed by atoms with E-state index in [1.54, 1.807) is 16.8 Å². The van der Waals surface area contributed by atoms with Gasteiger partial charge in [0.05, 0.1) is 24.9 Å². The third-order valence-electron chi connectivity index (χ3n) is 6.60. The first-order valence-electron chi connectivity index (χ1n) is 12.0. The van der Waals surface area contributed by atoms with Crippen LogP contribution in [0.4, 0.5) is 4.79 Å². The fraction of sp³-hybridized carbons (Fsp3) is 0.444. The van der Waals surface area contributed by atoms with Crippen LogP contribution in [0.3, 0.4) is 0 Å². The van der Waals surface area contributed by atoms with Gasteiger partial charge in [-0.1, -0.05) is 53.6 Å². The third kappa shape index (κ3) is 5.30. The summed E-state index contributed by atoms with van der Waals surface area (Å²) in [6.07, 6.45) is 0.408. The van der Waals surface area contributed by atoms with Crippen LogP contribution in [0.15, 0.2) is 47.6 Å². The average Bonchev–Trinajstić information content (AvgIpc) is 3.27. The molecule has 0 aromatic heterocycles. The molecule has 0 radical (unpaired) electrons. The van der Waals surface area contributed by atoms with Crippen molar-refractivity contribution >= 4 is 17.7 Å². The first-order chi connectivity index (χ1) is 16.4. The van der Waals surface area contributed by atoms with E-state index in [9.17, 15) is 9.59 Å². The predicted molar refractivity (Wildman–Crippen MR) is 133 cm³/mol. The number of benzene rings is 2. The van der Waals surface area contributed by atoms with Gasteiger partial charge in [-0.25, -0.2) is 9.80 Å². The number of hydrogen-bond donors (Lipinski definition) is 0. The summed E-state index contributed by atoms with van der Waals surface area (Å²) in [4.78, 5) is 29.3. The third-order valence-corrected chi connectivity index (χ3v) is 6.60. The van der Waals surface area contributed by atoms with Gasteiger partial charge in [0.25, 0.3) is 5.91 Å². The number of hydrogen-bond acceptors (Lipinski definition) is 5. The molecule has 7 heteroatoms. The second-order valence-electron chi connectivity index (χ2n) is 9.19. The summed E-state index contributed by atoms with van der Waals surface area (Å²) in [6.45, 7) is 11.1. The maximum Gasteiger partial charge on any atom is 0.409 e. The zero-order valence-corrected chi connectivity index (χ0v) is 20.6. The Bertz CT molecular complexity index is 1070. The van der Waals surface area contributed by atoms with Gasteiger partial charge in [-0.15, -0.1) is 0 Å². The minimum Gasteiger partial charge on any atom is -0.450 e. The number of nitrogens with zero attached hydrogens (tertiary/aromatic N) is 4. The van der Waals surface area contributed by atoms with E-state index in [1.165, 1.54) is 11.1 Å². The fourth-order valence-corrected chi connectivity index (χ4v) is 4.59. The summed E-state index contributed by atoms with van der Waals surface area (Å²) in [5.41, 5.74) is 6.67. The average molecular weight is 463 g/mol.